The smallest absolute Gasteiger partial charge is 0.274 e. The second-order valence-corrected chi connectivity index (χ2v) is 8.77. The van der Waals surface area contributed by atoms with Gasteiger partial charge in [0.1, 0.15) is 6.26 Å². The molecule has 1 aromatic carbocycles. The van der Waals surface area contributed by atoms with Gasteiger partial charge in [0, 0.05) is 36.7 Å². The molecule has 33 heavy (non-hydrogen) atoms. The quantitative estimate of drug-likeness (QED) is 0.439. The van der Waals surface area contributed by atoms with Gasteiger partial charge in [0.2, 0.25) is 0 Å². The maximum absolute atomic E-state index is 13.4. The number of thiazole rings is 1. The fraction of sp³-hybridized carbons (Fsp3) is 0.250. The summed E-state index contributed by atoms with van der Waals surface area (Å²) in [6, 6.07) is 11.7. The van der Waals surface area contributed by atoms with E-state index in [-0.39, 0.29) is 11.8 Å². The normalized spacial score (nSPS) is 13.1. The largest absolute Gasteiger partial charge is 0.472 e. The summed E-state index contributed by atoms with van der Waals surface area (Å²) >= 11 is 1.50. The van der Waals surface area contributed by atoms with Crippen molar-refractivity contribution in [2.75, 3.05) is 13.6 Å². The summed E-state index contributed by atoms with van der Waals surface area (Å²) in [6.45, 7) is 1.86. The van der Waals surface area contributed by atoms with Crippen LogP contribution in [0.5, 0.6) is 0 Å². The van der Waals surface area contributed by atoms with Gasteiger partial charge in [-0.2, -0.15) is 5.10 Å². The standard InChI is InChI=1S/C24H23N5O3S/c1-27(12-19-15-33-16-25-19)24(31)22-20-13-28(23(30)18-8-10-32-14-18)9-7-21(20)29(26-22)11-17-5-3-2-4-6-17/h2-6,8,10,14-16H,7,9,11-13H2,1H3. The van der Waals surface area contributed by atoms with Crippen molar-refractivity contribution in [1.29, 1.82) is 0 Å². The van der Waals surface area contributed by atoms with Gasteiger partial charge in [0.25, 0.3) is 11.8 Å². The molecule has 0 bridgehead atoms. The number of benzene rings is 1. The Morgan fingerprint density at radius 2 is 2.06 bits per heavy atom. The average molecular weight is 462 g/mol. The molecular formula is C24H23N5O3S. The molecule has 4 aromatic rings. The van der Waals surface area contributed by atoms with Gasteiger partial charge >= 0.3 is 0 Å². The molecular weight excluding hydrogens is 438 g/mol. The number of fused-ring (bicyclic) bond motifs is 1. The first-order valence-electron chi connectivity index (χ1n) is 10.7. The monoisotopic (exact) mass is 461 g/mol. The maximum atomic E-state index is 13.4. The molecule has 0 saturated carbocycles. The molecule has 8 nitrogen and oxygen atoms in total. The molecule has 1 aliphatic rings. The Morgan fingerprint density at radius 3 is 2.79 bits per heavy atom. The van der Waals surface area contributed by atoms with Gasteiger partial charge in [0.05, 0.1) is 42.7 Å². The van der Waals surface area contributed by atoms with Gasteiger partial charge in [0.15, 0.2) is 5.69 Å². The zero-order valence-electron chi connectivity index (χ0n) is 18.2. The minimum atomic E-state index is -0.177. The average Bonchev–Trinajstić information content (AvgIpc) is 3.61. The molecule has 0 unspecified atom stereocenters. The van der Waals surface area contributed by atoms with Crippen LogP contribution in [0.2, 0.25) is 0 Å². The van der Waals surface area contributed by atoms with E-state index >= 15 is 0 Å². The minimum Gasteiger partial charge on any atom is -0.472 e. The maximum Gasteiger partial charge on any atom is 0.274 e. The van der Waals surface area contributed by atoms with E-state index in [1.807, 2.05) is 40.4 Å². The molecule has 0 aliphatic carbocycles. The van der Waals surface area contributed by atoms with Crippen LogP contribution in [-0.2, 0) is 26.1 Å². The molecule has 168 valence electrons. The first-order chi connectivity index (χ1) is 16.1. The molecule has 0 saturated heterocycles. The lowest BCUT2D eigenvalue weighted by Gasteiger charge is -2.28. The topological polar surface area (TPSA) is 84.5 Å². The Hall–Kier alpha value is -3.72. The number of amides is 2. The predicted molar refractivity (Wildman–Crippen MR) is 123 cm³/mol. The van der Waals surface area contributed by atoms with Crippen LogP contribution in [0.3, 0.4) is 0 Å². The molecule has 4 heterocycles. The lowest BCUT2D eigenvalue weighted by molar-refractivity contribution is 0.0720. The fourth-order valence-corrected chi connectivity index (χ4v) is 4.65. The number of rotatable bonds is 6. The molecule has 0 radical (unpaired) electrons. The molecule has 5 rings (SSSR count). The third-order valence-electron chi connectivity index (χ3n) is 5.80. The first-order valence-corrected chi connectivity index (χ1v) is 11.6. The van der Waals surface area contributed by atoms with Crippen molar-refractivity contribution in [1.82, 2.24) is 24.6 Å². The number of hydrogen-bond acceptors (Lipinski definition) is 6. The summed E-state index contributed by atoms with van der Waals surface area (Å²) in [4.78, 5) is 34.0. The lowest BCUT2D eigenvalue weighted by atomic mass is 10.0. The summed E-state index contributed by atoms with van der Waals surface area (Å²) in [6.07, 6.45) is 3.56. The zero-order valence-corrected chi connectivity index (χ0v) is 19.0. The van der Waals surface area contributed by atoms with Gasteiger partial charge in [-0.3, -0.25) is 14.3 Å². The highest BCUT2D eigenvalue weighted by Crippen LogP contribution is 2.26. The fourth-order valence-electron chi connectivity index (χ4n) is 4.10. The molecule has 2 amide bonds. The highest BCUT2D eigenvalue weighted by atomic mass is 32.1. The Labute approximate surface area is 195 Å². The van der Waals surface area contributed by atoms with E-state index in [9.17, 15) is 9.59 Å². The molecule has 1 aliphatic heterocycles. The van der Waals surface area contributed by atoms with Crippen molar-refractivity contribution < 1.29 is 14.0 Å². The third kappa shape index (κ3) is 4.31. The van der Waals surface area contributed by atoms with Crippen molar-refractivity contribution in [2.45, 2.75) is 26.1 Å². The van der Waals surface area contributed by atoms with Crippen LogP contribution in [0.1, 0.15) is 43.4 Å². The van der Waals surface area contributed by atoms with Gasteiger partial charge < -0.3 is 14.2 Å². The molecule has 0 fully saturated rings. The number of carbonyl (C=O) groups excluding carboxylic acids is 2. The molecule has 0 spiro atoms. The summed E-state index contributed by atoms with van der Waals surface area (Å²) in [5.41, 5.74) is 6.40. The molecule has 0 atom stereocenters. The van der Waals surface area contributed by atoms with Crippen molar-refractivity contribution in [3.05, 3.63) is 93.6 Å². The van der Waals surface area contributed by atoms with E-state index in [0.717, 1.165) is 22.5 Å². The predicted octanol–water partition coefficient (Wildman–Crippen LogP) is 3.45. The van der Waals surface area contributed by atoms with E-state index < -0.39 is 0 Å². The van der Waals surface area contributed by atoms with E-state index in [2.05, 4.69) is 4.98 Å². The van der Waals surface area contributed by atoms with Gasteiger partial charge in [-0.25, -0.2) is 4.98 Å². The highest BCUT2D eigenvalue weighted by molar-refractivity contribution is 7.07. The number of furan rings is 1. The first kappa shape index (κ1) is 21.1. The Morgan fingerprint density at radius 1 is 1.21 bits per heavy atom. The Bertz CT molecular complexity index is 1250. The van der Waals surface area contributed by atoms with E-state index in [0.29, 0.717) is 43.9 Å². The number of aromatic nitrogens is 3. The zero-order chi connectivity index (χ0) is 22.8. The van der Waals surface area contributed by atoms with Crippen molar-refractivity contribution in [3.63, 3.8) is 0 Å². The van der Waals surface area contributed by atoms with Crippen LogP contribution in [0.4, 0.5) is 0 Å². The minimum absolute atomic E-state index is 0.112. The van der Waals surface area contributed by atoms with Crippen molar-refractivity contribution >= 4 is 23.2 Å². The van der Waals surface area contributed by atoms with Crippen LogP contribution in [-0.4, -0.2) is 50.0 Å². The second-order valence-electron chi connectivity index (χ2n) is 8.05. The number of hydrogen-bond donors (Lipinski definition) is 0. The Balaban J connectivity index is 1.47. The summed E-state index contributed by atoms with van der Waals surface area (Å²) in [5.74, 6) is -0.289. The Kier molecular flexibility index (Phi) is 5.78. The summed E-state index contributed by atoms with van der Waals surface area (Å²) in [7, 11) is 1.75. The van der Waals surface area contributed by atoms with Crippen LogP contribution in [0, 0.1) is 0 Å². The summed E-state index contributed by atoms with van der Waals surface area (Å²) in [5, 5.41) is 6.67. The van der Waals surface area contributed by atoms with Gasteiger partial charge in [-0.05, 0) is 11.6 Å². The van der Waals surface area contributed by atoms with Gasteiger partial charge in [-0.1, -0.05) is 30.3 Å². The highest BCUT2D eigenvalue weighted by Gasteiger charge is 2.32. The van der Waals surface area contributed by atoms with Crippen LogP contribution in [0.25, 0.3) is 0 Å². The number of nitrogens with zero attached hydrogens (tertiary/aromatic N) is 5. The molecule has 9 heteroatoms. The molecule has 3 aromatic heterocycles. The van der Waals surface area contributed by atoms with Crippen LogP contribution < -0.4 is 0 Å². The summed E-state index contributed by atoms with van der Waals surface area (Å²) < 4.78 is 6.99. The van der Waals surface area contributed by atoms with Gasteiger partial charge in [-0.15, -0.1) is 11.3 Å². The lowest BCUT2D eigenvalue weighted by Crippen LogP contribution is -2.37. The SMILES string of the molecule is CN(Cc1cscn1)C(=O)c1nn(Cc2ccccc2)c2c1CN(C(=O)c1ccoc1)CC2. The van der Waals surface area contributed by atoms with Crippen LogP contribution in [0.15, 0.2) is 64.2 Å². The number of carbonyl (C=O) groups is 2. The van der Waals surface area contributed by atoms with E-state index in [1.54, 1.807) is 28.4 Å². The second kappa shape index (κ2) is 9.03. The van der Waals surface area contributed by atoms with Crippen LogP contribution >= 0.6 is 11.3 Å². The van der Waals surface area contributed by atoms with E-state index in [1.165, 1.54) is 23.9 Å². The van der Waals surface area contributed by atoms with Crippen molar-refractivity contribution in [2.24, 2.45) is 0 Å². The van der Waals surface area contributed by atoms with Crippen molar-refractivity contribution in [3.8, 4) is 0 Å². The third-order valence-corrected chi connectivity index (χ3v) is 6.43. The van der Waals surface area contributed by atoms with E-state index in [4.69, 9.17) is 9.52 Å². The molecule has 0 N–H and O–H groups in total.